The molecule has 1 aliphatic rings. The first-order chi connectivity index (χ1) is 19.2. The van der Waals surface area contributed by atoms with Crippen molar-refractivity contribution in [1.29, 1.82) is 0 Å². The summed E-state index contributed by atoms with van der Waals surface area (Å²) in [6, 6.07) is 5.41. The summed E-state index contributed by atoms with van der Waals surface area (Å²) in [5.74, 6) is 1.56. The number of esters is 1. The van der Waals surface area contributed by atoms with Crippen LogP contribution in [0.15, 0.2) is 23.2 Å². The standard InChI is InChI=1S/C31H54N4O5/c1-5-6-7-8-22(2)25(21-35-31(32)33-4)11-12-26(37)20-28(39-23(3)36)13-9-24-10-14-29(38)30(19-24)40-27-15-17-34-18-16-27/h10,14,19,22,25-28,34,37-38H,5-9,11-13,15-18,20-21H2,1-4H3,(H3,32,33,35)/t22-,25+,26-,28+/m0/s1. The maximum absolute atomic E-state index is 11.8. The molecule has 0 aliphatic carbocycles. The molecule has 0 aromatic heterocycles. The van der Waals surface area contributed by atoms with Gasteiger partial charge in [0.15, 0.2) is 17.5 Å². The number of nitrogens with two attached hydrogens (primary N) is 1. The number of guanidine groups is 1. The number of aryl methyl sites for hydroxylation is 1. The maximum atomic E-state index is 11.8. The molecule has 4 atom stereocenters. The van der Waals surface area contributed by atoms with Crippen LogP contribution in [0.3, 0.4) is 0 Å². The van der Waals surface area contributed by atoms with E-state index < -0.39 is 12.2 Å². The van der Waals surface area contributed by atoms with Gasteiger partial charge < -0.3 is 36.1 Å². The van der Waals surface area contributed by atoms with Crippen LogP contribution in [0, 0.1) is 11.8 Å². The maximum Gasteiger partial charge on any atom is 0.302 e. The number of unbranched alkanes of at least 4 members (excludes halogenated alkanes) is 2. The minimum Gasteiger partial charge on any atom is -0.504 e. The van der Waals surface area contributed by atoms with Gasteiger partial charge in [0.2, 0.25) is 0 Å². The summed E-state index contributed by atoms with van der Waals surface area (Å²) >= 11 is 0. The summed E-state index contributed by atoms with van der Waals surface area (Å²) in [5, 5.41) is 27.8. The van der Waals surface area contributed by atoms with Crippen molar-refractivity contribution < 1.29 is 24.5 Å². The molecule has 228 valence electrons. The van der Waals surface area contributed by atoms with Crippen molar-refractivity contribution in [3.05, 3.63) is 23.8 Å². The molecule has 1 aromatic rings. The highest BCUT2D eigenvalue weighted by Gasteiger charge is 2.23. The van der Waals surface area contributed by atoms with Crippen LogP contribution < -0.4 is 21.1 Å². The highest BCUT2D eigenvalue weighted by molar-refractivity contribution is 5.77. The first-order valence-electron chi connectivity index (χ1n) is 15.2. The van der Waals surface area contributed by atoms with Gasteiger partial charge in [-0.1, -0.05) is 45.6 Å². The number of hydrogen-bond acceptors (Lipinski definition) is 7. The monoisotopic (exact) mass is 562 g/mol. The van der Waals surface area contributed by atoms with Crippen molar-refractivity contribution in [3.8, 4) is 11.5 Å². The van der Waals surface area contributed by atoms with Gasteiger partial charge >= 0.3 is 5.97 Å². The molecule has 0 radical (unpaired) electrons. The van der Waals surface area contributed by atoms with E-state index in [0.29, 0.717) is 49.2 Å². The summed E-state index contributed by atoms with van der Waals surface area (Å²) in [5.41, 5.74) is 6.87. The zero-order valence-corrected chi connectivity index (χ0v) is 25.2. The lowest BCUT2D eigenvalue weighted by Crippen LogP contribution is -2.37. The lowest BCUT2D eigenvalue weighted by molar-refractivity contribution is -0.148. The lowest BCUT2D eigenvalue weighted by atomic mass is 9.84. The van der Waals surface area contributed by atoms with Gasteiger partial charge in [0.25, 0.3) is 0 Å². The Morgan fingerprint density at radius 1 is 1.20 bits per heavy atom. The number of carbonyl (C=O) groups excluding carboxylic acids is 1. The molecule has 1 aliphatic heterocycles. The van der Waals surface area contributed by atoms with Gasteiger partial charge in [-0.05, 0) is 81.1 Å². The third-order valence-electron chi connectivity index (χ3n) is 7.95. The van der Waals surface area contributed by atoms with E-state index in [1.165, 1.54) is 26.2 Å². The smallest absolute Gasteiger partial charge is 0.302 e. The van der Waals surface area contributed by atoms with Gasteiger partial charge in [-0.25, -0.2) is 0 Å². The van der Waals surface area contributed by atoms with Gasteiger partial charge in [-0.3, -0.25) is 9.79 Å². The molecule has 0 amide bonds. The highest BCUT2D eigenvalue weighted by Crippen LogP contribution is 2.30. The van der Waals surface area contributed by atoms with Crippen LogP contribution in [0.5, 0.6) is 11.5 Å². The molecular weight excluding hydrogens is 508 g/mol. The Morgan fingerprint density at radius 3 is 2.62 bits per heavy atom. The van der Waals surface area contributed by atoms with Crippen LogP contribution in [-0.4, -0.2) is 67.1 Å². The number of nitrogens with zero attached hydrogens (tertiary/aromatic N) is 1. The fourth-order valence-corrected chi connectivity index (χ4v) is 5.37. The molecule has 9 heteroatoms. The first-order valence-corrected chi connectivity index (χ1v) is 15.2. The molecule has 40 heavy (non-hydrogen) atoms. The molecule has 1 aromatic carbocycles. The van der Waals surface area contributed by atoms with Gasteiger partial charge in [-0.15, -0.1) is 0 Å². The predicted octanol–water partition coefficient (Wildman–Crippen LogP) is 4.29. The van der Waals surface area contributed by atoms with Crippen LogP contribution in [-0.2, 0) is 16.0 Å². The SMILES string of the molecule is CCCCC[C@H](C)[C@H](CC[C@H](O)C[C@@H](CCc1ccc(O)c(OC2CCNCC2)c1)OC(C)=O)CNC(N)=NC. The molecule has 9 nitrogen and oxygen atoms in total. The van der Waals surface area contributed by atoms with Gasteiger partial charge in [0.1, 0.15) is 12.2 Å². The molecular formula is C31H54N4O5. The van der Waals surface area contributed by atoms with E-state index in [4.69, 9.17) is 15.2 Å². The number of rotatable bonds is 18. The number of aliphatic imine (C=N–C) groups is 1. The quantitative estimate of drug-likeness (QED) is 0.0773. The van der Waals surface area contributed by atoms with Crippen LogP contribution in [0.25, 0.3) is 0 Å². The Hall–Kier alpha value is -2.52. The van der Waals surface area contributed by atoms with E-state index in [1.54, 1.807) is 13.1 Å². The number of hydrogen-bond donors (Lipinski definition) is 5. The lowest BCUT2D eigenvalue weighted by Gasteiger charge is -2.27. The number of ether oxygens (including phenoxy) is 2. The summed E-state index contributed by atoms with van der Waals surface area (Å²) in [6.07, 6.45) is 8.77. The average molecular weight is 563 g/mol. The Morgan fingerprint density at radius 2 is 1.95 bits per heavy atom. The van der Waals surface area contributed by atoms with Crippen LogP contribution in [0.2, 0.25) is 0 Å². The molecule has 0 bridgehead atoms. The number of benzene rings is 1. The Labute approximate surface area is 241 Å². The third kappa shape index (κ3) is 13.2. The fraction of sp³-hybridized carbons (Fsp3) is 0.742. The van der Waals surface area contributed by atoms with Crippen molar-refractivity contribution >= 4 is 11.9 Å². The topological polar surface area (TPSA) is 138 Å². The first kappa shape index (κ1) is 33.7. The highest BCUT2D eigenvalue weighted by atomic mass is 16.5. The number of phenols is 1. The molecule has 0 saturated carbocycles. The number of carbonyl (C=O) groups is 1. The Kier molecular flexibility index (Phi) is 15.8. The van der Waals surface area contributed by atoms with E-state index in [9.17, 15) is 15.0 Å². The second-order valence-corrected chi connectivity index (χ2v) is 11.3. The zero-order chi connectivity index (χ0) is 29.3. The van der Waals surface area contributed by atoms with Crippen LogP contribution in [0.4, 0.5) is 0 Å². The third-order valence-corrected chi connectivity index (χ3v) is 7.95. The largest absolute Gasteiger partial charge is 0.504 e. The number of aromatic hydroxyl groups is 1. The van der Waals surface area contributed by atoms with Crippen molar-refractivity contribution in [1.82, 2.24) is 10.6 Å². The number of piperidine rings is 1. The van der Waals surface area contributed by atoms with Crippen molar-refractivity contribution in [2.24, 2.45) is 22.6 Å². The molecule has 0 spiro atoms. The molecule has 1 saturated heterocycles. The number of phenolic OH excluding ortho intramolecular Hbond substituents is 1. The number of aliphatic hydroxyl groups is 1. The second kappa shape index (κ2) is 18.8. The van der Waals surface area contributed by atoms with E-state index in [0.717, 1.165) is 50.9 Å². The molecule has 2 rings (SSSR count). The number of aliphatic hydroxyl groups excluding tert-OH is 1. The second-order valence-electron chi connectivity index (χ2n) is 11.3. The van der Waals surface area contributed by atoms with E-state index >= 15 is 0 Å². The van der Waals surface area contributed by atoms with Gasteiger partial charge in [0.05, 0.1) is 6.10 Å². The van der Waals surface area contributed by atoms with Crippen LogP contribution >= 0.6 is 0 Å². The average Bonchev–Trinajstić information content (AvgIpc) is 2.93. The predicted molar refractivity (Wildman–Crippen MR) is 161 cm³/mol. The summed E-state index contributed by atoms with van der Waals surface area (Å²) in [6.45, 7) is 8.43. The van der Waals surface area contributed by atoms with Gasteiger partial charge in [-0.2, -0.15) is 0 Å². The summed E-state index contributed by atoms with van der Waals surface area (Å²) < 4.78 is 11.7. The van der Waals surface area contributed by atoms with Crippen molar-refractivity contribution in [3.63, 3.8) is 0 Å². The summed E-state index contributed by atoms with van der Waals surface area (Å²) in [7, 11) is 1.67. The summed E-state index contributed by atoms with van der Waals surface area (Å²) in [4.78, 5) is 15.8. The fourth-order valence-electron chi connectivity index (χ4n) is 5.37. The molecule has 1 heterocycles. The van der Waals surface area contributed by atoms with E-state index in [1.807, 2.05) is 12.1 Å². The van der Waals surface area contributed by atoms with E-state index in [-0.39, 0.29) is 17.8 Å². The Balaban J connectivity index is 1.93. The number of nitrogens with one attached hydrogen (secondary N) is 2. The minimum atomic E-state index is -0.578. The molecule has 1 fully saturated rings. The van der Waals surface area contributed by atoms with Gasteiger partial charge in [0, 0.05) is 26.9 Å². The van der Waals surface area contributed by atoms with Crippen molar-refractivity contribution in [2.45, 2.75) is 110 Å². The molecule has 0 unspecified atom stereocenters. The normalized spacial score (nSPS) is 17.6. The minimum absolute atomic E-state index is 0.0884. The molecule has 6 N–H and O–H groups in total. The zero-order valence-electron chi connectivity index (χ0n) is 25.2. The Bertz CT molecular complexity index is 890. The van der Waals surface area contributed by atoms with E-state index in [2.05, 4.69) is 29.5 Å². The van der Waals surface area contributed by atoms with Crippen LogP contribution in [0.1, 0.15) is 90.5 Å². The van der Waals surface area contributed by atoms with Crippen molar-refractivity contribution in [2.75, 3.05) is 26.7 Å².